The van der Waals surface area contributed by atoms with Crippen LogP contribution in [0.3, 0.4) is 0 Å². The number of benzene rings is 1. The molecule has 1 aromatic carbocycles. The minimum atomic E-state index is -0.963. The molecule has 0 atom stereocenters. The Hall–Kier alpha value is -2.31. The van der Waals surface area contributed by atoms with Gasteiger partial charge in [0.05, 0.1) is 18.4 Å². The molecule has 1 N–H and O–H groups in total. The lowest BCUT2D eigenvalue weighted by Gasteiger charge is -2.09. The first kappa shape index (κ1) is 12.8. The van der Waals surface area contributed by atoms with Crippen molar-refractivity contribution in [3.63, 3.8) is 0 Å². The first-order chi connectivity index (χ1) is 7.99. The van der Waals surface area contributed by atoms with E-state index >= 15 is 0 Å². The minimum Gasteiger partial charge on any atom is -0.465 e. The molecule has 0 bridgehead atoms. The Morgan fingerprint density at radius 1 is 1.41 bits per heavy atom. The number of anilines is 1. The summed E-state index contributed by atoms with van der Waals surface area (Å²) < 4.78 is 17.7. The van der Waals surface area contributed by atoms with Crippen LogP contribution in [0, 0.1) is 10.7 Å². The molecular formula is C10H9FN2O4. The molecule has 6 nitrogen and oxygen atoms in total. The highest BCUT2D eigenvalue weighted by Crippen LogP contribution is 2.27. The van der Waals surface area contributed by atoms with Crippen molar-refractivity contribution in [2.45, 2.75) is 6.92 Å². The lowest BCUT2D eigenvalue weighted by Crippen LogP contribution is -2.12. The highest BCUT2D eigenvalue weighted by Gasteiger charge is 2.17. The fourth-order valence-corrected chi connectivity index (χ4v) is 1.20. The van der Waals surface area contributed by atoms with Crippen LogP contribution in [0.1, 0.15) is 17.3 Å². The summed E-state index contributed by atoms with van der Waals surface area (Å²) in [5.41, 5.74) is -0.714. The summed E-state index contributed by atoms with van der Waals surface area (Å²) in [6.07, 6.45) is 0. The molecule has 0 aliphatic heterocycles. The van der Waals surface area contributed by atoms with Crippen molar-refractivity contribution in [2.24, 2.45) is 5.18 Å². The Balaban J connectivity index is 3.35. The number of nitroso groups, excluding NO2 is 1. The molecule has 0 heterocycles. The number of rotatable bonds is 3. The molecule has 0 saturated heterocycles. The van der Waals surface area contributed by atoms with Crippen molar-refractivity contribution in [2.75, 3.05) is 12.4 Å². The van der Waals surface area contributed by atoms with Crippen molar-refractivity contribution >= 4 is 23.3 Å². The van der Waals surface area contributed by atoms with E-state index in [0.717, 1.165) is 19.2 Å². The smallest absolute Gasteiger partial charge is 0.340 e. The summed E-state index contributed by atoms with van der Waals surface area (Å²) in [5.74, 6) is -2.27. The molecule has 90 valence electrons. The molecule has 0 aromatic heterocycles. The van der Waals surface area contributed by atoms with Crippen LogP contribution in [-0.2, 0) is 9.53 Å². The number of hydrogen-bond acceptors (Lipinski definition) is 5. The summed E-state index contributed by atoms with van der Waals surface area (Å²) in [6.45, 7) is 1.21. The van der Waals surface area contributed by atoms with E-state index in [-0.39, 0.29) is 11.3 Å². The third-order valence-electron chi connectivity index (χ3n) is 1.90. The van der Waals surface area contributed by atoms with E-state index in [1.54, 1.807) is 0 Å². The van der Waals surface area contributed by atoms with E-state index in [1.807, 2.05) is 0 Å². The van der Waals surface area contributed by atoms with Gasteiger partial charge in [-0.15, -0.1) is 4.91 Å². The highest BCUT2D eigenvalue weighted by atomic mass is 19.1. The number of ether oxygens (including phenoxy) is 1. The van der Waals surface area contributed by atoms with Crippen LogP contribution in [0.15, 0.2) is 17.3 Å². The number of halogens is 1. The molecule has 1 amide bonds. The van der Waals surface area contributed by atoms with Gasteiger partial charge in [-0.25, -0.2) is 9.18 Å². The summed E-state index contributed by atoms with van der Waals surface area (Å²) in [4.78, 5) is 32.5. The predicted octanol–water partition coefficient (Wildman–Crippen LogP) is 1.97. The second-order valence-electron chi connectivity index (χ2n) is 3.11. The first-order valence-corrected chi connectivity index (χ1v) is 4.52. The Morgan fingerprint density at radius 2 is 2.06 bits per heavy atom. The standard InChI is InChI=1S/C10H9FN2O4/c1-5(14)12-8-4-9(13-16)7(11)3-6(8)10(15)17-2/h3-4H,1-2H3,(H,12,14). The molecule has 0 fully saturated rings. The maximum absolute atomic E-state index is 13.3. The van der Waals surface area contributed by atoms with Crippen molar-refractivity contribution in [1.82, 2.24) is 0 Å². The topological polar surface area (TPSA) is 84.8 Å². The minimum absolute atomic E-state index is 0.0275. The number of esters is 1. The molecule has 17 heavy (non-hydrogen) atoms. The zero-order valence-electron chi connectivity index (χ0n) is 9.11. The van der Waals surface area contributed by atoms with Gasteiger partial charge in [-0.3, -0.25) is 4.79 Å². The SMILES string of the molecule is COC(=O)c1cc(F)c(N=O)cc1NC(C)=O. The monoisotopic (exact) mass is 240 g/mol. The van der Waals surface area contributed by atoms with Crippen LogP contribution in [0.5, 0.6) is 0 Å². The van der Waals surface area contributed by atoms with Crippen LogP contribution in [-0.4, -0.2) is 19.0 Å². The number of hydrogen-bond donors (Lipinski definition) is 1. The van der Waals surface area contributed by atoms with E-state index in [1.165, 1.54) is 6.92 Å². The van der Waals surface area contributed by atoms with E-state index in [2.05, 4.69) is 15.2 Å². The van der Waals surface area contributed by atoms with Gasteiger partial charge in [-0.1, -0.05) is 0 Å². The summed E-state index contributed by atoms with van der Waals surface area (Å²) in [7, 11) is 1.11. The molecule has 0 aliphatic rings. The fourth-order valence-electron chi connectivity index (χ4n) is 1.20. The number of nitrogens with zero attached hydrogens (tertiary/aromatic N) is 1. The van der Waals surface area contributed by atoms with Gasteiger partial charge in [0.25, 0.3) is 0 Å². The third kappa shape index (κ3) is 2.83. The van der Waals surface area contributed by atoms with Crippen molar-refractivity contribution < 1.29 is 18.7 Å². The average molecular weight is 240 g/mol. The van der Waals surface area contributed by atoms with Crippen LogP contribution < -0.4 is 5.32 Å². The molecule has 0 spiro atoms. The Labute approximate surface area is 95.7 Å². The molecule has 1 rings (SSSR count). The Kier molecular flexibility index (Phi) is 3.86. The lowest BCUT2D eigenvalue weighted by atomic mass is 10.1. The van der Waals surface area contributed by atoms with Gasteiger partial charge in [0.1, 0.15) is 5.69 Å². The zero-order chi connectivity index (χ0) is 13.0. The molecule has 7 heteroatoms. The van der Waals surface area contributed by atoms with Crippen molar-refractivity contribution in [3.05, 3.63) is 28.4 Å². The molecule has 0 aliphatic carbocycles. The second-order valence-corrected chi connectivity index (χ2v) is 3.11. The summed E-state index contributed by atoms with van der Waals surface area (Å²) >= 11 is 0. The number of amides is 1. The molecular weight excluding hydrogens is 231 g/mol. The fraction of sp³-hybridized carbons (Fsp3) is 0.200. The molecule has 1 aromatic rings. The van der Waals surface area contributed by atoms with E-state index < -0.39 is 23.4 Å². The van der Waals surface area contributed by atoms with Crippen LogP contribution >= 0.6 is 0 Å². The lowest BCUT2D eigenvalue weighted by molar-refractivity contribution is -0.114. The predicted molar refractivity (Wildman–Crippen MR) is 57.5 cm³/mol. The first-order valence-electron chi connectivity index (χ1n) is 4.52. The van der Waals surface area contributed by atoms with E-state index in [0.29, 0.717) is 0 Å². The van der Waals surface area contributed by atoms with Gasteiger partial charge < -0.3 is 10.1 Å². The second kappa shape index (κ2) is 5.15. The largest absolute Gasteiger partial charge is 0.465 e. The Bertz CT molecular complexity index is 487. The maximum Gasteiger partial charge on any atom is 0.340 e. The Morgan fingerprint density at radius 3 is 2.53 bits per heavy atom. The quantitative estimate of drug-likeness (QED) is 0.646. The van der Waals surface area contributed by atoms with E-state index in [4.69, 9.17) is 0 Å². The van der Waals surface area contributed by atoms with Gasteiger partial charge in [0.15, 0.2) is 5.82 Å². The molecule has 0 radical (unpaired) electrons. The summed E-state index contributed by atoms with van der Waals surface area (Å²) in [6, 6.07) is 1.75. The number of carbonyl (C=O) groups is 2. The van der Waals surface area contributed by atoms with Crippen molar-refractivity contribution in [1.29, 1.82) is 0 Å². The van der Waals surface area contributed by atoms with Crippen LogP contribution in [0.4, 0.5) is 15.8 Å². The van der Waals surface area contributed by atoms with Crippen LogP contribution in [0.2, 0.25) is 0 Å². The van der Waals surface area contributed by atoms with Gasteiger partial charge in [0.2, 0.25) is 5.91 Å². The van der Waals surface area contributed by atoms with Gasteiger partial charge in [0, 0.05) is 6.92 Å². The normalized spacial score (nSPS) is 9.59. The number of carbonyl (C=O) groups excluding carboxylic acids is 2. The number of nitrogens with one attached hydrogen (secondary N) is 1. The maximum atomic E-state index is 13.3. The van der Waals surface area contributed by atoms with Gasteiger partial charge in [-0.2, -0.15) is 0 Å². The van der Waals surface area contributed by atoms with Gasteiger partial charge in [-0.05, 0) is 17.3 Å². The highest BCUT2D eigenvalue weighted by molar-refractivity contribution is 6.01. The number of methoxy groups -OCH3 is 1. The average Bonchev–Trinajstić information content (AvgIpc) is 2.29. The van der Waals surface area contributed by atoms with Gasteiger partial charge >= 0.3 is 5.97 Å². The zero-order valence-corrected chi connectivity index (χ0v) is 9.11. The third-order valence-corrected chi connectivity index (χ3v) is 1.90. The molecule has 0 saturated carbocycles. The van der Waals surface area contributed by atoms with E-state index in [9.17, 15) is 18.9 Å². The van der Waals surface area contributed by atoms with Crippen molar-refractivity contribution in [3.8, 4) is 0 Å². The summed E-state index contributed by atoms with van der Waals surface area (Å²) in [5, 5.41) is 4.72. The molecule has 0 unspecified atom stereocenters. The van der Waals surface area contributed by atoms with Crippen LogP contribution in [0.25, 0.3) is 0 Å².